The molecule has 0 saturated heterocycles. The number of aliphatic hydroxyl groups is 1. The van der Waals surface area contributed by atoms with Crippen molar-refractivity contribution in [3.8, 4) is 0 Å². The summed E-state index contributed by atoms with van der Waals surface area (Å²) in [7, 11) is 0. The van der Waals surface area contributed by atoms with E-state index in [9.17, 15) is 5.11 Å². The van der Waals surface area contributed by atoms with Gasteiger partial charge in [0.1, 0.15) is 0 Å². The molecule has 0 saturated carbocycles. The van der Waals surface area contributed by atoms with Crippen molar-refractivity contribution in [1.29, 1.82) is 0 Å². The van der Waals surface area contributed by atoms with Crippen molar-refractivity contribution in [2.75, 3.05) is 0 Å². The maximum atomic E-state index is 9.83. The third kappa shape index (κ3) is 1.63. The van der Waals surface area contributed by atoms with Crippen LogP contribution in [-0.2, 0) is 0 Å². The molecule has 1 unspecified atom stereocenters. The topological polar surface area (TPSA) is 25.2 Å². The van der Waals surface area contributed by atoms with Crippen LogP contribution in [0.4, 0.5) is 0 Å². The van der Waals surface area contributed by atoms with Crippen LogP contribution in [0.15, 0.2) is 24.4 Å². The molecular weight excluding hydrogens is 198 g/mol. The van der Waals surface area contributed by atoms with Crippen LogP contribution in [-0.4, -0.2) is 9.67 Å². The maximum absolute atomic E-state index is 9.83. The molecule has 0 amide bonds. The van der Waals surface area contributed by atoms with Gasteiger partial charge < -0.3 is 9.67 Å². The zero-order chi connectivity index (χ0) is 11.9. The molecule has 0 spiro atoms. The minimum atomic E-state index is -0.413. The molecule has 1 aromatic carbocycles. The van der Waals surface area contributed by atoms with Crippen molar-refractivity contribution in [3.63, 3.8) is 0 Å². The maximum Gasteiger partial charge on any atom is 0.0782 e. The van der Waals surface area contributed by atoms with Crippen LogP contribution in [0, 0.1) is 6.92 Å². The van der Waals surface area contributed by atoms with E-state index >= 15 is 0 Å². The molecule has 2 nitrogen and oxygen atoms in total. The average Bonchev–Trinajstić information content (AvgIpc) is 2.58. The Bertz CT molecular complexity index is 509. The summed E-state index contributed by atoms with van der Waals surface area (Å²) >= 11 is 0. The van der Waals surface area contributed by atoms with E-state index in [4.69, 9.17) is 0 Å². The lowest BCUT2D eigenvalue weighted by atomic mass is 10.0. The highest BCUT2D eigenvalue weighted by molar-refractivity contribution is 5.87. The Labute approximate surface area is 96.5 Å². The van der Waals surface area contributed by atoms with Gasteiger partial charge in [0, 0.05) is 28.7 Å². The van der Waals surface area contributed by atoms with E-state index in [0.29, 0.717) is 6.04 Å². The Hall–Kier alpha value is -1.28. The number of hydrogen-bond donors (Lipinski definition) is 1. The molecule has 86 valence electrons. The van der Waals surface area contributed by atoms with Gasteiger partial charge in [0.25, 0.3) is 0 Å². The molecule has 1 aromatic heterocycles. The van der Waals surface area contributed by atoms with Crippen LogP contribution in [0.2, 0.25) is 0 Å². The zero-order valence-electron chi connectivity index (χ0n) is 10.4. The number of aryl methyl sites for hydroxylation is 1. The van der Waals surface area contributed by atoms with Crippen molar-refractivity contribution in [2.45, 2.75) is 39.8 Å². The van der Waals surface area contributed by atoms with Crippen molar-refractivity contribution in [3.05, 3.63) is 35.5 Å². The Morgan fingerprint density at radius 1 is 1.19 bits per heavy atom. The minimum absolute atomic E-state index is 0.413. The van der Waals surface area contributed by atoms with Crippen LogP contribution in [0.3, 0.4) is 0 Å². The zero-order valence-corrected chi connectivity index (χ0v) is 10.4. The number of fused-ring (bicyclic) bond motifs is 1. The van der Waals surface area contributed by atoms with Gasteiger partial charge in [-0.25, -0.2) is 0 Å². The van der Waals surface area contributed by atoms with E-state index in [1.807, 2.05) is 6.92 Å². The second-order valence-corrected chi connectivity index (χ2v) is 4.73. The molecule has 1 atom stereocenters. The van der Waals surface area contributed by atoms with Crippen LogP contribution < -0.4 is 0 Å². The molecule has 0 fully saturated rings. The Morgan fingerprint density at radius 3 is 2.44 bits per heavy atom. The standard InChI is InChI=1S/C14H19NO/c1-9(2)15-8-12(11(4)16)14-10(3)6-5-7-13(14)15/h5-9,11,16H,1-4H3. The summed E-state index contributed by atoms with van der Waals surface area (Å²) in [6.45, 7) is 8.24. The summed E-state index contributed by atoms with van der Waals surface area (Å²) in [4.78, 5) is 0. The highest BCUT2D eigenvalue weighted by Gasteiger charge is 2.14. The molecule has 2 rings (SSSR count). The van der Waals surface area contributed by atoms with Gasteiger partial charge in [-0.15, -0.1) is 0 Å². The van der Waals surface area contributed by atoms with Crippen molar-refractivity contribution in [1.82, 2.24) is 4.57 Å². The van der Waals surface area contributed by atoms with Gasteiger partial charge in [-0.05, 0) is 39.3 Å². The van der Waals surface area contributed by atoms with E-state index in [2.05, 4.69) is 49.7 Å². The number of rotatable bonds is 2. The van der Waals surface area contributed by atoms with E-state index in [1.54, 1.807) is 0 Å². The number of benzene rings is 1. The number of nitrogens with zero attached hydrogens (tertiary/aromatic N) is 1. The highest BCUT2D eigenvalue weighted by Crippen LogP contribution is 2.31. The van der Waals surface area contributed by atoms with Crippen molar-refractivity contribution >= 4 is 10.9 Å². The minimum Gasteiger partial charge on any atom is -0.389 e. The molecule has 1 N–H and O–H groups in total. The summed E-state index contributed by atoms with van der Waals surface area (Å²) < 4.78 is 2.23. The lowest BCUT2D eigenvalue weighted by molar-refractivity contribution is 0.200. The highest BCUT2D eigenvalue weighted by atomic mass is 16.3. The Balaban J connectivity index is 2.82. The first-order valence-corrected chi connectivity index (χ1v) is 5.80. The van der Waals surface area contributed by atoms with Crippen LogP contribution >= 0.6 is 0 Å². The van der Waals surface area contributed by atoms with E-state index in [0.717, 1.165) is 5.56 Å². The Morgan fingerprint density at radius 2 is 1.88 bits per heavy atom. The van der Waals surface area contributed by atoms with Gasteiger partial charge in [-0.3, -0.25) is 0 Å². The van der Waals surface area contributed by atoms with Gasteiger partial charge in [0.15, 0.2) is 0 Å². The SMILES string of the molecule is Cc1cccc2c1c(C(C)O)cn2C(C)C. The lowest BCUT2D eigenvalue weighted by Gasteiger charge is -2.09. The molecular formula is C14H19NO. The smallest absolute Gasteiger partial charge is 0.0782 e. The third-order valence-electron chi connectivity index (χ3n) is 3.10. The fraction of sp³-hybridized carbons (Fsp3) is 0.429. The number of aromatic nitrogens is 1. The second kappa shape index (κ2) is 3.95. The van der Waals surface area contributed by atoms with Crippen LogP contribution in [0.1, 0.15) is 44.0 Å². The summed E-state index contributed by atoms with van der Waals surface area (Å²) in [6.07, 6.45) is 1.66. The molecule has 0 aliphatic rings. The molecule has 1 heterocycles. The van der Waals surface area contributed by atoms with Crippen molar-refractivity contribution < 1.29 is 5.11 Å². The van der Waals surface area contributed by atoms with E-state index in [1.165, 1.54) is 16.5 Å². The predicted molar refractivity (Wildman–Crippen MR) is 67.7 cm³/mol. The van der Waals surface area contributed by atoms with Gasteiger partial charge >= 0.3 is 0 Å². The normalized spacial score (nSPS) is 13.6. The van der Waals surface area contributed by atoms with Crippen molar-refractivity contribution in [2.24, 2.45) is 0 Å². The van der Waals surface area contributed by atoms with Gasteiger partial charge in [-0.2, -0.15) is 0 Å². The van der Waals surface area contributed by atoms with Gasteiger partial charge in [0.05, 0.1) is 6.10 Å². The monoisotopic (exact) mass is 217 g/mol. The van der Waals surface area contributed by atoms with E-state index < -0.39 is 6.10 Å². The summed E-state index contributed by atoms with van der Waals surface area (Å²) in [5.41, 5.74) is 3.47. The third-order valence-corrected chi connectivity index (χ3v) is 3.10. The first kappa shape index (κ1) is 11.2. The molecule has 0 radical (unpaired) electrons. The summed E-state index contributed by atoms with van der Waals surface area (Å²) in [6, 6.07) is 6.70. The molecule has 16 heavy (non-hydrogen) atoms. The van der Waals surface area contributed by atoms with Gasteiger partial charge in [-0.1, -0.05) is 12.1 Å². The molecule has 0 aliphatic heterocycles. The second-order valence-electron chi connectivity index (χ2n) is 4.73. The number of aliphatic hydroxyl groups excluding tert-OH is 1. The van der Waals surface area contributed by atoms with Crippen LogP contribution in [0.5, 0.6) is 0 Å². The lowest BCUT2D eigenvalue weighted by Crippen LogP contribution is -1.98. The van der Waals surface area contributed by atoms with Gasteiger partial charge in [0.2, 0.25) is 0 Å². The molecule has 2 aromatic rings. The first-order valence-electron chi connectivity index (χ1n) is 5.80. The fourth-order valence-electron chi connectivity index (χ4n) is 2.27. The summed E-state index contributed by atoms with van der Waals surface area (Å²) in [5.74, 6) is 0. The molecule has 0 aliphatic carbocycles. The molecule has 0 bridgehead atoms. The molecule has 2 heteroatoms. The quantitative estimate of drug-likeness (QED) is 0.817. The summed E-state index contributed by atoms with van der Waals surface area (Å²) in [5, 5.41) is 11.0. The largest absolute Gasteiger partial charge is 0.389 e. The fourth-order valence-corrected chi connectivity index (χ4v) is 2.27. The average molecular weight is 217 g/mol. The predicted octanol–water partition coefficient (Wildman–Crippen LogP) is 3.58. The van der Waals surface area contributed by atoms with E-state index in [-0.39, 0.29) is 0 Å². The van der Waals surface area contributed by atoms with Crippen LogP contribution in [0.25, 0.3) is 10.9 Å². The number of hydrogen-bond acceptors (Lipinski definition) is 1. The Kier molecular flexibility index (Phi) is 2.76. The first-order chi connectivity index (χ1) is 7.52.